The van der Waals surface area contributed by atoms with Crippen LogP contribution in [-0.4, -0.2) is 66.0 Å². The Balaban J connectivity index is 1.17. The number of piperidine rings is 2. The van der Waals surface area contributed by atoms with Crippen LogP contribution in [0.3, 0.4) is 0 Å². The van der Waals surface area contributed by atoms with Crippen LogP contribution in [-0.2, 0) is 11.2 Å². The highest BCUT2D eigenvalue weighted by atomic mass is 32.1. The van der Waals surface area contributed by atoms with Crippen molar-refractivity contribution < 1.29 is 9.53 Å². The average molecular weight is 472 g/mol. The Bertz CT molecular complexity index is 896. The number of methoxy groups -OCH3 is 1. The molecule has 0 aliphatic carbocycles. The molecule has 1 aromatic carbocycles. The zero-order valence-electron chi connectivity index (χ0n) is 20.0. The zero-order chi connectivity index (χ0) is 23.0. The first-order valence-electron chi connectivity index (χ1n) is 12.3. The zero-order valence-corrected chi connectivity index (χ0v) is 20.8. The molecule has 33 heavy (non-hydrogen) atoms. The molecule has 1 N–H and O–H groups in total. The summed E-state index contributed by atoms with van der Waals surface area (Å²) in [5.74, 6) is 2.02. The Kier molecular flexibility index (Phi) is 8.56. The lowest BCUT2D eigenvalue weighted by Crippen LogP contribution is -2.42. The van der Waals surface area contributed by atoms with Crippen molar-refractivity contribution >= 4 is 22.6 Å². The summed E-state index contributed by atoms with van der Waals surface area (Å²) in [6.45, 7) is 7.13. The molecule has 1 atom stereocenters. The highest BCUT2D eigenvalue weighted by Gasteiger charge is 2.26. The first-order chi connectivity index (χ1) is 16.1. The number of rotatable bonds is 9. The van der Waals surface area contributed by atoms with Gasteiger partial charge < -0.3 is 19.9 Å². The SMILES string of the molecule is COc1cccc(Cc2nsc(N3CCC(C(=O)NCCCN4CCCCC4C)CC3)n2)c1. The summed E-state index contributed by atoms with van der Waals surface area (Å²) in [6.07, 6.45) is 7.46. The Morgan fingerprint density at radius 3 is 2.85 bits per heavy atom. The van der Waals surface area contributed by atoms with E-state index < -0.39 is 0 Å². The van der Waals surface area contributed by atoms with Gasteiger partial charge in [-0.15, -0.1) is 0 Å². The fourth-order valence-electron chi connectivity index (χ4n) is 4.87. The van der Waals surface area contributed by atoms with Crippen LogP contribution in [0.25, 0.3) is 0 Å². The van der Waals surface area contributed by atoms with Gasteiger partial charge in [-0.05, 0) is 63.3 Å². The van der Waals surface area contributed by atoms with Crippen LogP contribution in [0.15, 0.2) is 24.3 Å². The van der Waals surface area contributed by atoms with Crippen molar-refractivity contribution in [3.05, 3.63) is 35.7 Å². The van der Waals surface area contributed by atoms with Crippen molar-refractivity contribution in [1.29, 1.82) is 0 Å². The maximum absolute atomic E-state index is 12.6. The van der Waals surface area contributed by atoms with Gasteiger partial charge in [-0.3, -0.25) is 4.79 Å². The Hall–Kier alpha value is -2.19. The van der Waals surface area contributed by atoms with Gasteiger partial charge in [0.15, 0.2) is 0 Å². The molecular weight excluding hydrogens is 434 g/mol. The van der Waals surface area contributed by atoms with E-state index in [9.17, 15) is 4.79 Å². The molecule has 1 aromatic heterocycles. The summed E-state index contributed by atoms with van der Waals surface area (Å²) < 4.78 is 9.86. The second-order valence-corrected chi connectivity index (χ2v) is 10.0. The Morgan fingerprint density at radius 1 is 1.21 bits per heavy atom. The fourth-order valence-corrected chi connectivity index (χ4v) is 5.61. The third-order valence-corrected chi connectivity index (χ3v) is 7.77. The Labute approximate surface area is 201 Å². The normalized spacial score (nSPS) is 20.1. The highest BCUT2D eigenvalue weighted by molar-refractivity contribution is 7.09. The molecule has 7 nitrogen and oxygen atoms in total. The van der Waals surface area contributed by atoms with Gasteiger partial charge in [0.1, 0.15) is 11.6 Å². The first-order valence-corrected chi connectivity index (χ1v) is 13.1. The summed E-state index contributed by atoms with van der Waals surface area (Å²) in [6, 6.07) is 8.72. The van der Waals surface area contributed by atoms with E-state index >= 15 is 0 Å². The lowest BCUT2D eigenvalue weighted by molar-refractivity contribution is -0.125. The third-order valence-electron chi connectivity index (χ3n) is 6.95. The van der Waals surface area contributed by atoms with Crippen molar-refractivity contribution in [2.24, 2.45) is 5.92 Å². The number of nitrogens with one attached hydrogen (secondary N) is 1. The standard InChI is InChI=1S/C25H37N5O2S/c1-19-7-3-4-13-29(19)14-6-12-26-24(31)21-10-15-30(16-11-21)25-27-23(28-33-25)18-20-8-5-9-22(17-20)32-2/h5,8-9,17,19,21H,3-4,6-7,10-16,18H2,1-2H3,(H,26,31). The smallest absolute Gasteiger partial charge is 0.223 e. The van der Waals surface area contributed by atoms with Crippen LogP contribution in [0.4, 0.5) is 5.13 Å². The Morgan fingerprint density at radius 2 is 2.06 bits per heavy atom. The molecular formula is C25H37N5O2S. The second kappa shape index (κ2) is 11.8. The topological polar surface area (TPSA) is 70.6 Å². The number of amides is 1. The predicted molar refractivity (Wildman–Crippen MR) is 133 cm³/mol. The maximum atomic E-state index is 12.6. The molecule has 0 bridgehead atoms. The van der Waals surface area contributed by atoms with Crippen molar-refractivity contribution in [1.82, 2.24) is 19.6 Å². The molecule has 2 aromatic rings. The summed E-state index contributed by atoms with van der Waals surface area (Å²) in [5.41, 5.74) is 1.14. The minimum atomic E-state index is 0.110. The van der Waals surface area contributed by atoms with Gasteiger partial charge in [0.05, 0.1) is 7.11 Å². The van der Waals surface area contributed by atoms with Crippen molar-refractivity contribution in [2.45, 2.75) is 57.9 Å². The number of aromatic nitrogens is 2. The minimum Gasteiger partial charge on any atom is -0.497 e. The molecule has 1 amide bonds. The van der Waals surface area contributed by atoms with Gasteiger partial charge in [0, 0.05) is 56.1 Å². The fraction of sp³-hybridized carbons (Fsp3) is 0.640. The lowest BCUT2D eigenvalue weighted by Gasteiger charge is -2.33. The largest absolute Gasteiger partial charge is 0.497 e. The average Bonchev–Trinajstić information content (AvgIpc) is 3.31. The van der Waals surface area contributed by atoms with E-state index in [2.05, 4.69) is 32.5 Å². The molecule has 2 fully saturated rings. The predicted octanol–water partition coefficient (Wildman–Crippen LogP) is 3.73. The molecule has 0 radical (unpaired) electrons. The van der Waals surface area contributed by atoms with Crippen LogP contribution in [0.1, 0.15) is 56.8 Å². The molecule has 180 valence electrons. The molecule has 2 saturated heterocycles. The summed E-state index contributed by atoms with van der Waals surface area (Å²) >= 11 is 1.45. The van der Waals surface area contributed by atoms with E-state index in [1.54, 1.807) is 7.11 Å². The molecule has 1 unspecified atom stereocenters. The number of benzene rings is 1. The van der Waals surface area contributed by atoms with Crippen LogP contribution in [0.5, 0.6) is 5.75 Å². The number of carbonyl (C=O) groups is 1. The van der Waals surface area contributed by atoms with Crippen LogP contribution in [0, 0.1) is 5.92 Å². The van der Waals surface area contributed by atoms with Gasteiger partial charge in [0.25, 0.3) is 0 Å². The number of carbonyl (C=O) groups excluding carboxylic acids is 1. The van der Waals surface area contributed by atoms with Crippen molar-refractivity contribution in [3.63, 3.8) is 0 Å². The summed E-state index contributed by atoms with van der Waals surface area (Å²) in [7, 11) is 1.68. The van der Waals surface area contributed by atoms with E-state index in [1.807, 2.05) is 18.2 Å². The highest BCUT2D eigenvalue weighted by Crippen LogP contribution is 2.26. The number of hydrogen-bond donors (Lipinski definition) is 1. The molecule has 2 aliphatic rings. The van der Waals surface area contributed by atoms with Gasteiger partial charge in [0.2, 0.25) is 11.0 Å². The van der Waals surface area contributed by atoms with E-state index in [4.69, 9.17) is 9.72 Å². The molecule has 0 spiro atoms. The molecule has 3 heterocycles. The molecule has 0 saturated carbocycles. The number of nitrogens with zero attached hydrogens (tertiary/aromatic N) is 4. The second-order valence-electron chi connectivity index (χ2n) is 9.31. The minimum absolute atomic E-state index is 0.110. The quantitative estimate of drug-likeness (QED) is 0.562. The summed E-state index contributed by atoms with van der Waals surface area (Å²) in [4.78, 5) is 22.2. The lowest BCUT2D eigenvalue weighted by atomic mass is 9.96. The van der Waals surface area contributed by atoms with Crippen molar-refractivity contribution in [2.75, 3.05) is 44.7 Å². The summed E-state index contributed by atoms with van der Waals surface area (Å²) in [5, 5.41) is 4.14. The molecule has 4 rings (SSSR count). The van der Waals surface area contributed by atoms with Gasteiger partial charge in [-0.2, -0.15) is 4.37 Å². The van der Waals surface area contributed by atoms with Gasteiger partial charge in [-0.1, -0.05) is 18.6 Å². The van der Waals surface area contributed by atoms with E-state index in [0.717, 1.165) is 67.7 Å². The molecule has 2 aliphatic heterocycles. The number of likely N-dealkylation sites (tertiary alicyclic amines) is 1. The maximum Gasteiger partial charge on any atom is 0.223 e. The number of ether oxygens (including phenoxy) is 1. The third kappa shape index (κ3) is 6.67. The van der Waals surface area contributed by atoms with E-state index in [-0.39, 0.29) is 11.8 Å². The van der Waals surface area contributed by atoms with Crippen LogP contribution in [0.2, 0.25) is 0 Å². The van der Waals surface area contributed by atoms with E-state index in [0.29, 0.717) is 12.5 Å². The first kappa shape index (κ1) is 24.0. The van der Waals surface area contributed by atoms with Crippen LogP contribution < -0.4 is 15.0 Å². The van der Waals surface area contributed by atoms with Gasteiger partial charge in [-0.25, -0.2) is 4.98 Å². The number of anilines is 1. The molecule has 8 heteroatoms. The number of hydrogen-bond acceptors (Lipinski definition) is 7. The van der Waals surface area contributed by atoms with Gasteiger partial charge >= 0.3 is 0 Å². The van der Waals surface area contributed by atoms with Crippen molar-refractivity contribution in [3.8, 4) is 5.75 Å². The van der Waals surface area contributed by atoms with E-state index in [1.165, 1.54) is 37.3 Å². The van der Waals surface area contributed by atoms with Crippen LogP contribution >= 0.6 is 11.5 Å². The monoisotopic (exact) mass is 471 g/mol.